The number of aromatic nitrogens is 2. The maximum absolute atomic E-state index is 11.8. The molecule has 1 heterocycles. The van der Waals surface area contributed by atoms with E-state index in [1.165, 1.54) is 0 Å². The Kier molecular flexibility index (Phi) is 3.40. The molecule has 1 aromatic heterocycles. The molecule has 3 rings (SSSR count). The Morgan fingerprint density at radius 2 is 1.71 bits per heavy atom. The van der Waals surface area contributed by atoms with Crippen molar-refractivity contribution < 1.29 is 4.79 Å². The van der Waals surface area contributed by atoms with E-state index in [0.29, 0.717) is 11.1 Å². The number of carbonyl (C=O) groups is 1. The van der Waals surface area contributed by atoms with Crippen LogP contribution in [0.2, 0.25) is 0 Å². The molecule has 0 spiro atoms. The lowest BCUT2D eigenvalue weighted by Gasteiger charge is -2.34. The molecule has 1 saturated carbocycles. The zero-order valence-corrected chi connectivity index (χ0v) is 12.6. The number of hydrogen-bond donors (Lipinski definition) is 1. The van der Waals surface area contributed by atoms with Gasteiger partial charge in [0, 0.05) is 5.92 Å². The van der Waals surface area contributed by atoms with Gasteiger partial charge >= 0.3 is 0 Å². The quantitative estimate of drug-likeness (QED) is 0.918. The molecule has 2 aromatic rings. The maximum atomic E-state index is 11.8. The molecular weight excluding hydrogens is 262 g/mol. The molecule has 1 aliphatic carbocycles. The summed E-state index contributed by atoms with van der Waals surface area (Å²) in [6.45, 7) is 4.59. The Morgan fingerprint density at radius 3 is 2.29 bits per heavy atom. The van der Waals surface area contributed by atoms with Crippen LogP contribution in [0.3, 0.4) is 0 Å². The van der Waals surface area contributed by atoms with E-state index in [0.717, 1.165) is 42.4 Å². The average Bonchev–Trinajstić information content (AvgIpc) is 2.46. The summed E-state index contributed by atoms with van der Waals surface area (Å²) in [6, 6.07) is 7.63. The highest BCUT2D eigenvalue weighted by Gasteiger charge is 2.31. The number of hydrogen-bond acceptors (Lipinski definition) is 3. The van der Waals surface area contributed by atoms with E-state index in [9.17, 15) is 4.79 Å². The summed E-state index contributed by atoms with van der Waals surface area (Å²) in [5, 5.41) is 0. The van der Waals surface area contributed by atoms with Crippen LogP contribution in [0, 0.1) is 5.41 Å². The van der Waals surface area contributed by atoms with Gasteiger partial charge in [0.2, 0.25) is 0 Å². The van der Waals surface area contributed by atoms with Crippen LogP contribution in [-0.4, -0.2) is 15.9 Å². The number of fused-ring (bicyclic) bond motifs is 1. The number of nitrogens with two attached hydrogens (primary N) is 1. The highest BCUT2D eigenvalue weighted by Crippen LogP contribution is 2.42. The van der Waals surface area contributed by atoms with Crippen molar-refractivity contribution in [3.05, 3.63) is 35.7 Å². The monoisotopic (exact) mass is 283 g/mol. The van der Waals surface area contributed by atoms with Gasteiger partial charge in [-0.05, 0) is 43.2 Å². The summed E-state index contributed by atoms with van der Waals surface area (Å²) < 4.78 is 0. The Bertz CT molecular complexity index is 683. The molecule has 4 nitrogen and oxygen atoms in total. The van der Waals surface area contributed by atoms with Crippen LogP contribution >= 0.6 is 0 Å². The number of para-hydroxylation sites is 2. The Labute approximate surface area is 124 Å². The third-order valence-electron chi connectivity index (χ3n) is 4.56. The van der Waals surface area contributed by atoms with Gasteiger partial charge in [0.15, 0.2) is 0 Å². The SMILES string of the molecule is CC1(C)CCC(c2nc3ccccc3nc2C(N)=O)CC1. The van der Waals surface area contributed by atoms with E-state index >= 15 is 0 Å². The summed E-state index contributed by atoms with van der Waals surface area (Å²) in [5.74, 6) is -0.189. The molecule has 1 aromatic carbocycles. The van der Waals surface area contributed by atoms with Crippen molar-refractivity contribution in [2.45, 2.75) is 45.4 Å². The number of nitrogens with zero attached hydrogens (tertiary/aromatic N) is 2. The molecule has 0 bridgehead atoms. The van der Waals surface area contributed by atoms with Crippen LogP contribution in [0.5, 0.6) is 0 Å². The molecule has 1 fully saturated rings. The van der Waals surface area contributed by atoms with E-state index in [1.807, 2.05) is 24.3 Å². The maximum Gasteiger partial charge on any atom is 0.269 e. The first-order valence-electron chi connectivity index (χ1n) is 7.53. The molecular formula is C17H21N3O. The standard InChI is InChI=1S/C17H21N3O/c1-17(2)9-7-11(8-10-17)14-15(16(18)21)20-13-6-4-3-5-12(13)19-14/h3-6,11H,7-10H2,1-2H3,(H2,18,21). The topological polar surface area (TPSA) is 68.9 Å². The van der Waals surface area contributed by atoms with E-state index in [4.69, 9.17) is 10.7 Å². The molecule has 21 heavy (non-hydrogen) atoms. The second-order valence-electron chi connectivity index (χ2n) is 6.75. The fraction of sp³-hybridized carbons (Fsp3) is 0.471. The number of amides is 1. The number of carbonyl (C=O) groups excluding carboxylic acids is 1. The molecule has 0 radical (unpaired) electrons. The van der Waals surface area contributed by atoms with Crippen LogP contribution in [-0.2, 0) is 0 Å². The minimum Gasteiger partial charge on any atom is -0.364 e. The van der Waals surface area contributed by atoms with Crippen molar-refractivity contribution >= 4 is 16.9 Å². The second kappa shape index (κ2) is 5.10. The number of primary amides is 1. The smallest absolute Gasteiger partial charge is 0.269 e. The first-order chi connectivity index (χ1) is 9.96. The van der Waals surface area contributed by atoms with E-state index in [2.05, 4.69) is 18.8 Å². The zero-order valence-electron chi connectivity index (χ0n) is 12.6. The Hall–Kier alpha value is -1.97. The van der Waals surface area contributed by atoms with Gasteiger partial charge in [-0.1, -0.05) is 26.0 Å². The Morgan fingerprint density at radius 1 is 1.14 bits per heavy atom. The number of benzene rings is 1. The van der Waals surface area contributed by atoms with E-state index < -0.39 is 5.91 Å². The minimum atomic E-state index is -0.479. The van der Waals surface area contributed by atoms with Gasteiger partial charge in [-0.25, -0.2) is 9.97 Å². The first-order valence-corrected chi connectivity index (χ1v) is 7.53. The van der Waals surface area contributed by atoms with Crippen LogP contribution in [0.4, 0.5) is 0 Å². The largest absolute Gasteiger partial charge is 0.364 e. The summed E-state index contributed by atoms with van der Waals surface area (Å²) in [7, 11) is 0. The fourth-order valence-electron chi connectivity index (χ4n) is 3.15. The van der Waals surface area contributed by atoms with Gasteiger partial charge in [-0.2, -0.15) is 0 Å². The summed E-state index contributed by atoms with van der Waals surface area (Å²) in [5.41, 5.74) is 8.60. The minimum absolute atomic E-state index is 0.289. The number of rotatable bonds is 2. The lowest BCUT2D eigenvalue weighted by Crippen LogP contribution is -2.24. The molecule has 0 atom stereocenters. The van der Waals surface area contributed by atoms with Crippen molar-refractivity contribution in [1.29, 1.82) is 0 Å². The van der Waals surface area contributed by atoms with Crippen molar-refractivity contribution in [3.63, 3.8) is 0 Å². The van der Waals surface area contributed by atoms with Gasteiger partial charge in [0.05, 0.1) is 16.7 Å². The van der Waals surface area contributed by atoms with Gasteiger partial charge in [0.1, 0.15) is 5.69 Å². The predicted octanol–water partition coefficient (Wildman–Crippen LogP) is 3.41. The molecule has 1 amide bonds. The lowest BCUT2D eigenvalue weighted by atomic mass is 9.72. The molecule has 4 heteroatoms. The average molecular weight is 283 g/mol. The van der Waals surface area contributed by atoms with Gasteiger partial charge in [0.25, 0.3) is 5.91 Å². The Balaban J connectivity index is 2.04. The van der Waals surface area contributed by atoms with Crippen LogP contribution < -0.4 is 5.73 Å². The highest BCUT2D eigenvalue weighted by molar-refractivity contribution is 5.94. The highest BCUT2D eigenvalue weighted by atomic mass is 16.1. The predicted molar refractivity (Wildman–Crippen MR) is 83.0 cm³/mol. The van der Waals surface area contributed by atoms with Gasteiger partial charge in [-0.15, -0.1) is 0 Å². The molecule has 2 N–H and O–H groups in total. The van der Waals surface area contributed by atoms with E-state index in [1.54, 1.807) is 0 Å². The normalized spacial score (nSPS) is 18.8. The van der Waals surface area contributed by atoms with Crippen molar-refractivity contribution in [2.24, 2.45) is 11.1 Å². The lowest BCUT2D eigenvalue weighted by molar-refractivity contribution is 0.0993. The fourth-order valence-corrected chi connectivity index (χ4v) is 3.15. The third kappa shape index (κ3) is 2.75. The molecule has 0 aliphatic heterocycles. The second-order valence-corrected chi connectivity index (χ2v) is 6.75. The van der Waals surface area contributed by atoms with Crippen LogP contribution in [0.25, 0.3) is 11.0 Å². The third-order valence-corrected chi connectivity index (χ3v) is 4.56. The summed E-state index contributed by atoms with van der Waals surface area (Å²) >= 11 is 0. The molecule has 1 aliphatic rings. The zero-order chi connectivity index (χ0) is 15.0. The van der Waals surface area contributed by atoms with Crippen LogP contribution in [0.15, 0.2) is 24.3 Å². The summed E-state index contributed by atoms with van der Waals surface area (Å²) in [6.07, 6.45) is 4.37. The van der Waals surface area contributed by atoms with Gasteiger partial charge < -0.3 is 5.73 Å². The van der Waals surface area contributed by atoms with Gasteiger partial charge in [-0.3, -0.25) is 4.79 Å². The molecule has 0 unspecified atom stereocenters. The van der Waals surface area contributed by atoms with Crippen molar-refractivity contribution in [2.75, 3.05) is 0 Å². The first kappa shape index (κ1) is 14.0. The summed E-state index contributed by atoms with van der Waals surface area (Å²) in [4.78, 5) is 20.9. The van der Waals surface area contributed by atoms with Crippen molar-refractivity contribution in [3.8, 4) is 0 Å². The van der Waals surface area contributed by atoms with Crippen molar-refractivity contribution in [1.82, 2.24) is 9.97 Å². The molecule has 110 valence electrons. The van der Waals surface area contributed by atoms with Crippen LogP contribution in [0.1, 0.15) is 61.6 Å². The van der Waals surface area contributed by atoms with E-state index in [-0.39, 0.29) is 5.92 Å². The molecule has 0 saturated heterocycles.